The average molecular weight is 425 g/mol. The average Bonchev–Trinajstić information content (AvgIpc) is 3.21. The van der Waals surface area contributed by atoms with Crippen LogP contribution in [0.2, 0.25) is 0 Å². The molecule has 0 aliphatic rings. The number of methoxy groups -OCH3 is 2. The minimum absolute atomic E-state index is 0.0380. The smallest absolute Gasteiger partial charge is 0.226 e. The second-order valence-electron chi connectivity index (χ2n) is 6.54. The second-order valence-corrected chi connectivity index (χ2v) is 7.40. The van der Waals surface area contributed by atoms with Gasteiger partial charge in [-0.2, -0.15) is 0 Å². The quantitative estimate of drug-likeness (QED) is 0.565. The number of hydrogen-bond donors (Lipinski definition) is 1. The molecule has 0 radical (unpaired) electrons. The molecule has 0 saturated carbocycles. The highest BCUT2D eigenvalue weighted by Crippen LogP contribution is 2.33. The topological polar surface area (TPSA) is 101 Å². The molecule has 0 fully saturated rings. The SMILES string of the molecule is COc1ccc([C@H](CC(=O)[O-])CC(=O)Nc2nc(-c3ccccc3)cs2)cc1OC. The van der Waals surface area contributed by atoms with Gasteiger partial charge in [0.1, 0.15) is 0 Å². The Kier molecular flexibility index (Phi) is 7.03. The lowest BCUT2D eigenvalue weighted by molar-refractivity contribution is -0.306. The molecule has 0 bridgehead atoms. The van der Waals surface area contributed by atoms with Crippen molar-refractivity contribution in [2.45, 2.75) is 18.8 Å². The van der Waals surface area contributed by atoms with Crippen LogP contribution in [0.15, 0.2) is 53.9 Å². The summed E-state index contributed by atoms with van der Waals surface area (Å²) < 4.78 is 10.5. The van der Waals surface area contributed by atoms with E-state index in [0.29, 0.717) is 22.2 Å². The third-order valence-corrected chi connectivity index (χ3v) is 5.30. The molecule has 1 aromatic heterocycles. The van der Waals surface area contributed by atoms with E-state index in [1.807, 2.05) is 35.7 Å². The van der Waals surface area contributed by atoms with Crippen LogP contribution in [0.3, 0.4) is 0 Å². The third-order valence-electron chi connectivity index (χ3n) is 4.54. The van der Waals surface area contributed by atoms with Gasteiger partial charge < -0.3 is 24.7 Å². The van der Waals surface area contributed by atoms with E-state index < -0.39 is 11.9 Å². The van der Waals surface area contributed by atoms with E-state index in [1.165, 1.54) is 25.6 Å². The molecule has 0 aliphatic heterocycles. The maximum atomic E-state index is 12.6. The van der Waals surface area contributed by atoms with Gasteiger partial charge in [0.05, 0.1) is 19.9 Å². The van der Waals surface area contributed by atoms with Crippen molar-refractivity contribution in [3.8, 4) is 22.8 Å². The number of benzene rings is 2. The van der Waals surface area contributed by atoms with E-state index in [9.17, 15) is 14.7 Å². The minimum atomic E-state index is -1.23. The molecular weight excluding hydrogens is 404 g/mol. The van der Waals surface area contributed by atoms with Gasteiger partial charge in [-0.15, -0.1) is 11.3 Å². The fourth-order valence-corrected chi connectivity index (χ4v) is 3.82. The van der Waals surface area contributed by atoms with E-state index in [2.05, 4.69) is 10.3 Å². The number of hydrogen-bond acceptors (Lipinski definition) is 7. The van der Waals surface area contributed by atoms with Crippen molar-refractivity contribution in [3.63, 3.8) is 0 Å². The zero-order chi connectivity index (χ0) is 21.5. The first-order chi connectivity index (χ1) is 14.5. The van der Waals surface area contributed by atoms with E-state index in [-0.39, 0.29) is 18.7 Å². The summed E-state index contributed by atoms with van der Waals surface area (Å²) in [5.41, 5.74) is 2.37. The zero-order valence-electron chi connectivity index (χ0n) is 16.6. The first-order valence-electron chi connectivity index (χ1n) is 9.22. The molecule has 156 valence electrons. The Morgan fingerprint density at radius 1 is 1.07 bits per heavy atom. The van der Waals surface area contributed by atoms with Crippen molar-refractivity contribution in [1.29, 1.82) is 0 Å². The fraction of sp³-hybridized carbons (Fsp3) is 0.227. The molecule has 3 aromatic rings. The summed E-state index contributed by atoms with van der Waals surface area (Å²) in [5, 5.41) is 16.3. The molecule has 3 rings (SSSR count). The molecule has 1 N–H and O–H groups in total. The van der Waals surface area contributed by atoms with Gasteiger partial charge in [-0.25, -0.2) is 4.98 Å². The monoisotopic (exact) mass is 425 g/mol. The van der Waals surface area contributed by atoms with Crippen LogP contribution in [-0.2, 0) is 9.59 Å². The number of ether oxygens (including phenoxy) is 2. The number of anilines is 1. The van der Waals surface area contributed by atoms with Crippen molar-refractivity contribution in [3.05, 3.63) is 59.5 Å². The number of carboxylic acid groups (broad SMARTS) is 1. The number of carbonyl (C=O) groups is 2. The summed E-state index contributed by atoms with van der Waals surface area (Å²) in [6.45, 7) is 0. The van der Waals surface area contributed by atoms with Crippen molar-refractivity contribution in [2.75, 3.05) is 19.5 Å². The largest absolute Gasteiger partial charge is 0.550 e. The van der Waals surface area contributed by atoms with Crippen LogP contribution in [0.4, 0.5) is 5.13 Å². The number of thiazole rings is 1. The van der Waals surface area contributed by atoms with Crippen molar-refractivity contribution in [1.82, 2.24) is 4.98 Å². The van der Waals surface area contributed by atoms with Crippen LogP contribution in [0, 0.1) is 0 Å². The molecule has 1 amide bonds. The summed E-state index contributed by atoms with van der Waals surface area (Å²) >= 11 is 1.31. The number of nitrogens with zero attached hydrogens (tertiary/aromatic N) is 1. The van der Waals surface area contributed by atoms with Crippen LogP contribution >= 0.6 is 11.3 Å². The van der Waals surface area contributed by atoms with Gasteiger partial charge in [0.2, 0.25) is 5.91 Å². The van der Waals surface area contributed by atoms with Crippen molar-refractivity contribution < 1.29 is 24.2 Å². The molecule has 30 heavy (non-hydrogen) atoms. The van der Waals surface area contributed by atoms with Crippen molar-refractivity contribution in [2.24, 2.45) is 0 Å². The van der Waals surface area contributed by atoms with Gasteiger partial charge in [0.25, 0.3) is 0 Å². The molecule has 0 unspecified atom stereocenters. The molecule has 1 atom stereocenters. The highest BCUT2D eigenvalue weighted by Gasteiger charge is 2.19. The van der Waals surface area contributed by atoms with E-state index >= 15 is 0 Å². The van der Waals surface area contributed by atoms with Gasteiger partial charge in [0.15, 0.2) is 16.6 Å². The number of aliphatic carboxylic acids is 1. The molecule has 1 heterocycles. The van der Waals surface area contributed by atoms with Crippen LogP contribution in [-0.4, -0.2) is 31.1 Å². The number of aromatic nitrogens is 1. The summed E-state index contributed by atoms with van der Waals surface area (Å²) in [7, 11) is 3.01. The highest BCUT2D eigenvalue weighted by molar-refractivity contribution is 7.14. The van der Waals surface area contributed by atoms with E-state index in [4.69, 9.17) is 9.47 Å². The zero-order valence-corrected chi connectivity index (χ0v) is 17.4. The maximum Gasteiger partial charge on any atom is 0.226 e. The Morgan fingerprint density at radius 3 is 2.47 bits per heavy atom. The van der Waals surface area contributed by atoms with E-state index in [0.717, 1.165) is 11.3 Å². The summed E-state index contributed by atoms with van der Waals surface area (Å²) in [6, 6.07) is 14.7. The van der Waals surface area contributed by atoms with Crippen LogP contribution in [0.25, 0.3) is 11.3 Å². The van der Waals surface area contributed by atoms with E-state index in [1.54, 1.807) is 18.2 Å². The van der Waals surface area contributed by atoms with Crippen LogP contribution < -0.4 is 19.9 Å². The van der Waals surface area contributed by atoms with Gasteiger partial charge in [-0.3, -0.25) is 4.79 Å². The lowest BCUT2D eigenvalue weighted by atomic mass is 9.92. The number of amides is 1. The predicted octanol–water partition coefficient (Wildman–Crippen LogP) is 3.08. The van der Waals surface area contributed by atoms with Gasteiger partial charge in [-0.1, -0.05) is 36.4 Å². The Morgan fingerprint density at radius 2 is 1.80 bits per heavy atom. The van der Waals surface area contributed by atoms with Gasteiger partial charge in [-0.05, 0) is 30.0 Å². The van der Waals surface area contributed by atoms with Crippen LogP contribution in [0.5, 0.6) is 11.5 Å². The molecule has 0 spiro atoms. The Hall–Kier alpha value is -3.39. The summed E-state index contributed by atoms with van der Waals surface area (Å²) in [4.78, 5) is 28.3. The van der Waals surface area contributed by atoms with Crippen molar-refractivity contribution >= 4 is 28.3 Å². The number of carboxylic acids is 1. The Bertz CT molecular complexity index is 1020. The lowest BCUT2D eigenvalue weighted by Crippen LogP contribution is -2.26. The number of nitrogens with one attached hydrogen (secondary N) is 1. The lowest BCUT2D eigenvalue weighted by Gasteiger charge is -2.19. The molecule has 0 saturated heterocycles. The summed E-state index contributed by atoms with van der Waals surface area (Å²) in [5.74, 6) is -1.16. The predicted molar refractivity (Wildman–Crippen MR) is 113 cm³/mol. The minimum Gasteiger partial charge on any atom is -0.550 e. The highest BCUT2D eigenvalue weighted by atomic mass is 32.1. The Labute approximate surface area is 178 Å². The molecule has 8 heteroatoms. The third kappa shape index (κ3) is 5.36. The summed E-state index contributed by atoms with van der Waals surface area (Å²) in [6.07, 6.45) is -0.334. The number of rotatable bonds is 9. The standard InChI is InChI=1S/C22H22N2O5S/c1-28-18-9-8-15(10-19(18)29-2)16(12-21(26)27)11-20(25)24-22-23-17(13-30-22)14-6-4-3-5-7-14/h3-10,13,16H,11-12H2,1-2H3,(H,26,27)(H,23,24,25)/p-1/t16-/m0/s1. The first kappa shape index (κ1) is 21.3. The molecular formula is C22H21N2O5S-. The molecule has 2 aromatic carbocycles. The second kappa shape index (κ2) is 9.89. The first-order valence-corrected chi connectivity index (χ1v) is 10.1. The maximum absolute atomic E-state index is 12.6. The fourth-order valence-electron chi connectivity index (χ4n) is 3.08. The number of carbonyl (C=O) groups excluding carboxylic acids is 2. The molecule has 0 aliphatic carbocycles. The van der Waals surface area contributed by atoms with Crippen LogP contribution in [0.1, 0.15) is 24.3 Å². The molecule has 7 nitrogen and oxygen atoms in total. The normalized spacial score (nSPS) is 11.5. The van der Waals surface area contributed by atoms with Gasteiger partial charge >= 0.3 is 0 Å². The van der Waals surface area contributed by atoms with Gasteiger partial charge in [0, 0.05) is 23.3 Å². The Balaban J connectivity index is 1.73.